The maximum absolute atomic E-state index is 5.95. The van der Waals surface area contributed by atoms with Gasteiger partial charge in [0.25, 0.3) is 0 Å². The Morgan fingerprint density at radius 1 is 1.14 bits per heavy atom. The first kappa shape index (κ1) is 14.4. The fourth-order valence-electron chi connectivity index (χ4n) is 2.41. The van der Waals surface area contributed by atoms with Crippen LogP contribution < -0.4 is 0 Å². The average Bonchev–Trinajstić information content (AvgIpc) is 2.96. The van der Waals surface area contributed by atoms with Crippen molar-refractivity contribution in [1.82, 2.24) is 29.8 Å². The number of hydrogen-bond donors (Lipinski definition) is 0. The highest BCUT2D eigenvalue weighted by Crippen LogP contribution is 2.18. The van der Waals surface area contributed by atoms with Crippen molar-refractivity contribution in [1.29, 1.82) is 0 Å². The van der Waals surface area contributed by atoms with Crippen molar-refractivity contribution in [3.8, 4) is 11.3 Å². The molecule has 7 heteroatoms. The molecule has 3 heterocycles. The fourth-order valence-corrected chi connectivity index (χ4v) is 2.58. The summed E-state index contributed by atoms with van der Waals surface area (Å²) in [6.45, 7) is 6.37. The lowest BCUT2D eigenvalue weighted by molar-refractivity contribution is 0.148. The van der Waals surface area contributed by atoms with Crippen molar-refractivity contribution in [3.05, 3.63) is 29.7 Å². The van der Waals surface area contributed by atoms with E-state index in [0.29, 0.717) is 5.02 Å². The van der Waals surface area contributed by atoms with Gasteiger partial charge in [-0.15, -0.1) is 5.10 Å². The zero-order valence-corrected chi connectivity index (χ0v) is 12.9. The third kappa shape index (κ3) is 3.78. The second-order valence-electron chi connectivity index (χ2n) is 5.40. The molecule has 1 fully saturated rings. The summed E-state index contributed by atoms with van der Waals surface area (Å²) < 4.78 is 1.88. The molecular weight excluding hydrogens is 288 g/mol. The second-order valence-corrected chi connectivity index (χ2v) is 5.84. The molecule has 2 aromatic heterocycles. The number of pyridine rings is 1. The Morgan fingerprint density at radius 3 is 2.71 bits per heavy atom. The van der Waals surface area contributed by atoms with E-state index in [4.69, 9.17) is 11.6 Å². The minimum absolute atomic E-state index is 0.611. The molecule has 3 rings (SSSR count). The number of piperazine rings is 1. The standard InChI is InChI=1S/C14H19ClN6/c1-19-2-4-20(5-3-19)6-7-21-11-14(17-18-21)12-8-13(15)10-16-9-12/h8-11H,2-7H2,1H3. The van der Waals surface area contributed by atoms with E-state index in [0.717, 1.165) is 50.5 Å². The molecule has 2 aromatic rings. The number of aromatic nitrogens is 4. The molecule has 0 aromatic carbocycles. The van der Waals surface area contributed by atoms with Crippen molar-refractivity contribution in [2.75, 3.05) is 39.8 Å². The first-order chi connectivity index (χ1) is 10.2. The average molecular weight is 307 g/mol. The van der Waals surface area contributed by atoms with E-state index < -0.39 is 0 Å². The van der Waals surface area contributed by atoms with E-state index >= 15 is 0 Å². The summed E-state index contributed by atoms with van der Waals surface area (Å²) >= 11 is 5.95. The van der Waals surface area contributed by atoms with Crippen LogP contribution in [0, 0.1) is 0 Å². The van der Waals surface area contributed by atoms with Gasteiger partial charge in [0.2, 0.25) is 0 Å². The number of likely N-dealkylation sites (N-methyl/N-ethyl adjacent to an activating group) is 1. The Bertz CT molecular complexity index is 591. The van der Waals surface area contributed by atoms with Crippen LogP contribution in [0.15, 0.2) is 24.7 Å². The Morgan fingerprint density at radius 2 is 1.95 bits per heavy atom. The van der Waals surface area contributed by atoms with E-state index in [2.05, 4.69) is 32.1 Å². The smallest absolute Gasteiger partial charge is 0.114 e. The zero-order chi connectivity index (χ0) is 14.7. The molecule has 0 bridgehead atoms. The van der Waals surface area contributed by atoms with Crippen LogP contribution >= 0.6 is 11.6 Å². The van der Waals surface area contributed by atoms with Crippen molar-refractivity contribution < 1.29 is 0 Å². The molecule has 112 valence electrons. The largest absolute Gasteiger partial charge is 0.304 e. The van der Waals surface area contributed by atoms with Gasteiger partial charge in [-0.25, -0.2) is 0 Å². The third-order valence-corrected chi connectivity index (χ3v) is 3.99. The predicted octanol–water partition coefficient (Wildman–Crippen LogP) is 1.24. The molecule has 0 spiro atoms. The van der Waals surface area contributed by atoms with Crippen LogP contribution in [0.2, 0.25) is 5.02 Å². The predicted molar refractivity (Wildman–Crippen MR) is 82.2 cm³/mol. The van der Waals surface area contributed by atoms with Crippen molar-refractivity contribution in [2.45, 2.75) is 6.54 Å². The number of halogens is 1. The van der Waals surface area contributed by atoms with Crippen LogP contribution in [0.4, 0.5) is 0 Å². The Balaban J connectivity index is 1.58. The summed E-state index contributed by atoms with van der Waals surface area (Å²) in [5, 5.41) is 8.98. The van der Waals surface area contributed by atoms with E-state index in [-0.39, 0.29) is 0 Å². The van der Waals surface area contributed by atoms with Gasteiger partial charge in [-0.05, 0) is 13.1 Å². The van der Waals surface area contributed by atoms with Crippen LogP contribution in [0.1, 0.15) is 0 Å². The van der Waals surface area contributed by atoms with Gasteiger partial charge in [-0.3, -0.25) is 14.6 Å². The molecule has 0 aliphatic carbocycles. The Hall–Kier alpha value is -1.50. The quantitative estimate of drug-likeness (QED) is 0.851. The molecular formula is C14H19ClN6. The summed E-state index contributed by atoms with van der Waals surface area (Å²) in [5.74, 6) is 0. The summed E-state index contributed by atoms with van der Waals surface area (Å²) in [4.78, 5) is 8.89. The lowest BCUT2D eigenvalue weighted by atomic mass is 10.2. The molecule has 0 radical (unpaired) electrons. The maximum Gasteiger partial charge on any atom is 0.114 e. The molecule has 0 saturated carbocycles. The van der Waals surface area contributed by atoms with Crippen molar-refractivity contribution >= 4 is 11.6 Å². The molecule has 6 nitrogen and oxygen atoms in total. The SMILES string of the molecule is CN1CCN(CCn2cc(-c3cncc(Cl)c3)nn2)CC1. The van der Waals surface area contributed by atoms with Crippen molar-refractivity contribution in [2.24, 2.45) is 0 Å². The molecule has 0 amide bonds. The van der Waals surface area contributed by atoms with Crippen molar-refractivity contribution in [3.63, 3.8) is 0 Å². The molecule has 0 N–H and O–H groups in total. The van der Waals surface area contributed by atoms with E-state index in [1.807, 2.05) is 16.9 Å². The lowest BCUT2D eigenvalue weighted by Gasteiger charge is -2.32. The van der Waals surface area contributed by atoms with Gasteiger partial charge < -0.3 is 4.90 Å². The minimum Gasteiger partial charge on any atom is -0.304 e. The van der Waals surface area contributed by atoms with Gasteiger partial charge in [0, 0.05) is 50.7 Å². The minimum atomic E-state index is 0.611. The Kier molecular flexibility index (Phi) is 4.48. The van der Waals surface area contributed by atoms with Crippen LogP contribution in [0.3, 0.4) is 0 Å². The first-order valence-electron chi connectivity index (χ1n) is 7.13. The molecule has 1 aliphatic heterocycles. The van der Waals surface area contributed by atoms with Gasteiger partial charge in [0.1, 0.15) is 5.69 Å². The monoisotopic (exact) mass is 306 g/mol. The highest BCUT2D eigenvalue weighted by atomic mass is 35.5. The van der Waals surface area contributed by atoms with Gasteiger partial charge in [0.15, 0.2) is 0 Å². The van der Waals surface area contributed by atoms with Gasteiger partial charge in [-0.2, -0.15) is 0 Å². The van der Waals surface area contributed by atoms with Crippen LogP contribution in [-0.2, 0) is 6.54 Å². The fraction of sp³-hybridized carbons (Fsp3) is 0.500. The third-order valence-electron chi connectivity index (χ3n) is 3.78. The van der Waals surface area contributed by atoms with Gasteiger partial charge in [0.05, 0.1) is 17.8 Å². The van der Waals surface area contributed by atoms with Crippen LogP contribution in [-0.4, -0.2) is 69.5 Å². The maximum atomic E-state index is 5.95. The summed E-state index contributed by atoms with van der Waals surface area (Å²) in [7, 11) is 2.17. The van der Waals surface area contributed by atoms with Crippen LogP contribution in [0.25, 0.3) is 11.3 Å². The molecule has 1 saturated heterocycles. The highest BCUT2D eigenvalue weighted by Gasteiger charge is 2.13. The summed E-state index contributed by atoms with van der Waals surface area (Å²) in [6.07, 6.45) is 5.31. The lowest BCUT2D eigenvalue weighted by Crippen LogP contribution is -2.45. The number of rotatable bonds is 4. The summed E-state index contributed by atoms with van der Waals surface area (Å²) in [6, 6.07) is 1.85. The topological polar surface area (TPSA) is 50.1 Å². The Labute approximate surface area is 129 Å². The normalized spacial score (nSPS) is 17.2. The zero-order valence-electron chi connectivity index (χ0n) is 12.1. The summed E-state index contributed by atoms with van der Waals surface area (Å²) in [5.41, 5.74) is 1.71. The molecule has 1 aliphatic rings. The second kappa shape index (κ2) is 6.51. The molecule has 0 atom stereocenters. The van der Waals surface area contributed by atoms with Crippen LogP contribution in [0.5, 0.6) is 0 Å². The number of nitrogens with zero attached hydrogens (tertiary/aromatic N) is 6. The first-order valence-corrected chi connectivity index (χ1v) is 7.50. The number of hydrogen-bond acceptors (Lipinski definition) is 5. The van der Waals surface area contributed by atoms with E-state index in [1.54, 1.807) is 12.4 Å². The molecule has 21 heavy (non-hydrogen) atoms. The molecule has 0 unspecified atom stereocenters. The van der Waals surface area contributed by atoms with Gasteiger partial charge >= 0.3 is 0 Å². The highest BCUT2D eigenvalue weighted by molar-refractivity contribution is 6.30. The van der Waals surface area contributed by atoms with E-state index in [1.165, 1.54) is 0 Å². The van der Waals surface area contributed by atoms with Gasteiger partial charge in [-0.1, -0.05) is 16.8 Å². The van der Waals surface area contributed by atoms with E-state index in [9.17, 15) is 0 Å².